The third kappa shape index (κ3) is 5.01. The Hall–Kier alpha value is -2.19. The van der Waals surface area contributed by atoms with Gasteiger partial charge in [-0.25, -0.2) is 9.37 Å². The monoisotopic (exact) mass is 495 g/mol. The van der Waals surface area contributed by atoms with Gasteiger partial charge in [0.15, 0.2) is 0 Å². The Kier molecular flexibility index (Phi) is 6.96. The predicted octanol–water partition coefficient (Wildman–Crippen LogP) is 4.60. The van der Waals surface area contributed by atoms with E-state index in [4.69, 9.17) is 23.2 Å². The zero-order valence-electron chi connectivity index (χ0n) is 18.7. The van der Waals surface area contributed by atoms with Gasteiger partial charge in [-0.1, -0.05) is 43.0 Å². The van der Waals surface area contributed by atoms with E-state index in [1.807, 2.05) is 0 Å². The van der Waals surface area contributed by atoms with Gasteiger partial charge in [0.2, 0.25) is 11.7 Å². The second-order valence-electron chi connectivity index (χ2n) is 9.48. The molecule has 0 unspecified atom stereocenters. The number of carbonyl (C=O) groups excluding carboxylic acids is 2. The predicted molar refractivity (Wildman–Crippen MR) is 123 cm³/mol. The lowest BCUT2D eigenvalue weighted by Gasteiger charge is -2.36. The molecular weight excluding hydrogens is 468 g/mol. The van der Waals surface area contributed by atoms with Crippen LogP contribution in [0.15, 0.2) is 18.5 Å². The maximum atomic E-state index is 14.9. The van der Waals surface area contributed by atoms with Gasteiger partial charge in [0.1, 0.15) is 12.1 Å². The molecule has 33 heavy (non-hydrogen) atoms. The maximum Gasteiger partial charge on any atom is 0.291 e. The summed E-state index contributed by atoms with van der Waals surface area (Å²) in [6.45, 7) is 2.07. The SMILES string of the molecule is Cn1cnc(C(=O)N[C@@H]2CC[C@H](C(=O)N[C@H](c3c(F)ccc(Cl)c3Cl)C3(C)CCCC3)C2)n1. The molecule has 10 heteroatoms. The van der Waals surface area contributed by atoms with Crippen molar-refractivity contribution in [1.29, 1.82) is 0 Å². The van der Waals surface area contributed by atoms with Gasteiger partial charge in [-0.3, -0.25) is 14.3 Å². The molecule has 0 aliphatic heterocycles. The number of amides is 2. The van der Waals surface area contributed by atoms with E-state index in [-0.39, 0.29) is 50.6 Å². The molecule has 4 rings (SSSR count). The van der Waals surface area contributed by atoms with Gasteiger partial charge >= 0.3 is 0 Å². The first-order valence-corrected chi connectivity index (χ1v) is 12.0. The number of aryl methyl sites for hydroxylation is 1. The van der Waals surface area contributed by atoms with Gasteiger partial charge in [-0.2, -0.15) is 0 Å². The van der Waals surface area contributed by atoms with Crippen LogP contribution in [0.5, 0.6) is 0 Å². The number of carbonyl (C=O) groups is 2. The number of hydrogen-bond acceptors (Lipinski definition) is 4. The van der Waals surface area contributed by atoms with Crippen LogP contribution in [0.25, 0.3) is 0 Å². The zero-order chi connectivity index (χ0) is 23.8. The Morgan fingerprint density at radius 3 is 2.64 bits per heavy atom. The molecule has 2 aliphatic rings. The maximum absolute atomic E-state index is 14.9. The number of benzene rings is 1. The summed E-state index contributed by atoms with van der Waals surface area (Å²) in [5, 5.41) is 10.4. The van der Waals surface area contributed by atoms with Crippen molar-refractivity contribution in [2.24, 2.45) is 18.4 Å². The molecule has 2 amide bonds. The van der Waals surface area contributed by atoms with Crippen LogP contribution in [0, 0.1) is 17.2 Å². The minimum Gasteiger partial charge on any atom is -0.348 e. The summed E-state index contributed by atoms with van der Waals surface area (Å²) in [5.74, 6) is -1.17. The van der Waals surface area contributed by atoms with Crippen LogP contribution in [-0.4, -0.2) is 32.6 Å². The van der Waals surface area contributed by atoms with Gasteiger partial charge in [0.05, 0.1) is 16.1 Å². The number of aromatic nitrogens is 3. The molecule has 0 radical (unpaired) electrons. The summed E-state index contributed by atoms with van der Waals surface area (Å²) in [6.07, 6.45) is 7.01. The highest BCUT2D eigenvalue weighted by Crippen LogP contribution is 2.50. The molecule has 1 heterocycles. The standard InChI is InChI=1S/C23H28Cl2FN5O2/c1-23(9-3-4-10-23)19(17-16(26)8-7-15(24)18(17)25)29-21(32)13-5-6-14(11-13)28-22(33)20-27-12-31(2)30-20/h7-8,12-14,19H,3-6,9-11H2,1-2H3,(H,28,33)(H,29,32)/t13-,14+,19+/m0/s1. The third-order valence-electron chi connectivity index (χ3n) is 7.04. The van der Waals surface area contributed by atoms with Crippen molar-refractivity contribution < 1.29 is 14.0 Å². The van der Waals surface area contributed by atoms with Crippen molar-refractivity contribution in [1.82, 2.24) is 25.4 Å². The summed E-state index contributed by atoms with van der Waals surface area (Å²) in [4.78, 5) is 29.6. The fourth-order valence-corrected chi connectivity index (χ4v) is 5.60. The zero-order valence-corrected chi connectivity index (χ0v) is 20.2. The van der Waals surface area contributed by atoms with E-state index in [1.54, 1.807) is 7.05 Å². The van der Waals surface area contributed by atoms with Crippen molar-refractivity contribution >= 4 is 35.0 Å². The molecule has 2 aliphatic carbocycles. The average Bonchev–Trinajstić information content (AvgIpc) is 3.52. The molecule has 0 saturated heterocycles. The van der Waals surface area contributed by atoms with E-state index in [1.165, 1.54) is 23.1 Å². The molecule has 0 bridgehead atoms. The Bertz CT molecular complexity index is 1050. The molecule has 178 valence electrons. The normalized spacial score (nSPS) is 22.8. The molecule has 1 aromatic heterocycles. The van der Waals surface area contributed by atoms with Crippen molar-refractivity contribution in [2.75, 3.05) is 0 Å². The molecule has 1 aromatic carbocycles. The molecule has 2 saturated carbocycles. The second-order valence-corrected chi connectivity index (χ2v) is 10.3. The Morgan fingerprint density at radius 2 is 1.97 bits per heavy atom. The van der Waals surface area contributed by atoms with Gasteiger partial charge in [-0.05, 0) is 49.7 Å². The Balaban J connectivity index is 1.48. The highest BCUT2D eigenvalue weighted by molar-refractivity contribution is 6.42. The van der Waals surface area contributed by atoms with E-state index < -0.39 is 11.9 Å². The van der Waals surface area contributed by atoms with Crippen molar-refractivity contribution in [2.45, 2.75) is 64.0 Å². The van der Waals surface area contributed by atoms with Crippen LogP contribution < -0.4 is 10.6 Å². The molecule has 7 nitrogen and oxygen atoms in total. The first-order chi connectivity index (χ1) is 15.7. The molecule has 0 spiro atoms. The summed E-state index contributed by atoms with van der Waals surface area (Å²) >= 11 is 12.6. The lowest BCUT2D eigenvalue weighted by molar-refractivity contribution is -0.126. The highest BCUT2D eigenvalue weighted by Gasteiger charge is 2.43. The largest absolute Gasteiger partial charge is 0.348 e. The molecule has 3 atom stereocenters. The van der Waals surface area contributed by atoms with Gasteiger partial charge < -0.3 is 10.6 Å². The van der Waals surface area contributed by atoms with E-state index in [2.05, 4.69) is 27.6 Å². The fraction of sp³-hybridized carbons (Fsp3) is 0.565. The van der Waals surface area contributed by atoms with E-state index in [9.17, 15) is 14.0 Å². The molecular formula is C23H28Cl2FN5O2. The second kappa shape index (κ2) is 9.58. The number of nitrogens with zero attached hydrogens (tertiary/aromatic N) is 3. The third-order valence-corrected chi connectivity index (χ3v) is 7.86. The smallest absolute Gasteiger partial charge is 0.291 e. The average molecular weight is 496 g/mol. The number of nitrogens with one attached hydrogen (secondary N) is 2. The lowest BCUT2D eigenvalue weighted by atomic mass is 9.76. The van der Waals surface area contributed by atoms with Crippen LogP contribution in [-0.2, 0) is 11.8 Å². The summed E-state index contributed by atoms with van der Waals surface area (Å²) in [7, 11) is 1.69. The number of halogens is 3. The summed E-state index contributed by atoms with van der Waals surface area (Å²) < 4.78 is 16.4. The number of rotatable bonds is 6. The van der Waals surface area contributed by atoms with Gasteiger partial charge in [-0.15, -0.1) is 5.10 Å². The highest BCUT2D eigenvalue weighted by atomic mass is 35.5. The van der Waals surface area contributed by atoms with Crippen molar-refractivity contribution in [3.8, 4) is 0 Å². The minimum absolute atomic E-state index is 0.102. The van der Waals surface area contributed by atoms with E-state index in [0.717, 1.165) is 25.7 Å². The van der Waals surface area contributed by atoms with Gasteiger partial charge in [0.25, 0.3) is 5.91 Å². The first-order valence-electron chi connectivity index (χ1n) is 11.3. The van der Waals surface area contributed by atoms with E-state index in [0.29, 0.717) is 19.3 Å². The molecule has 2 fully saturated rings. The van der Waals surface area contributed by atoms with Crippen molar-refractivity contribution in [3.63, 3.8) is 0 Å². The molecule has 2 N–H and O–H groups in total. The Labute approximate surface area is 202 Å². The quantitative estimate of drug-likeness (QED) is 0.573. The van der Waals surface area contributed by atoms with Crippen LogP contribution in [0.3, 0.4) is 0 Å². The van der Waals surface area contributed by atoms with Crippen molar-refractivity contribution in [3.05, 3.63) is 45.7 Å². The summed E-state index contributed by atoms with van der Waals surface area (Å²) in [5.41, 5.74) is -0.0622. The van der Waals surface area contributed by atoms with E-state index >= 15 is 0 Å². The van der Waals surface area contributed by atoms with Gasteiger partial charge in [0, 0.05) is 24.6 Å². The van der Waals surface area contributed by atoms with Crippen LogP contribution >= 0.6 is 23.2 Å². The summed E-state index contributed by atoms with van der Waals surface area (Å²) in [6, 6.07) is 2.00. The van der Waals surface area contributed by atoms with Crippen LogP contribution in [0.4, 0.5) is 4.39 Å². The first kappa shape index (κ1) is 24.0. The number of hydrogen-bond donors (Lipinski definition) is 2. The minimum atomic E-state index is -0.579. The topological polar surface area (TPSA) is 88.9 Å². The van der Waals surface area contributed by atoms with Crippen LogP contribution in [0.2, 0.25) is 10.0 Å². The Morgan fingerprint density at radius 1 is 1.24 bits per heavy atom. The van der Waals surface area contributed by atoms with Crippen LogP contribution in [0.1, 0.15) is 74.1 Å². The fourth-order valence-electron chi connectivity index (χ4n) is 5.18. The molecule has 2 aromatic rings. The lowest BCUT2D eigenvalue weighted by Crippen LogP contribution is -2.42.